The molecule has 0 atom stereocenters. The number of hydrogen-bond acceptors (Lipinski definition) is 0. The Bertz CT molecular complexity index is 53.5. The van der Waals surface area contributed by atoms with Gasteiger partial charge in [0.25, 0.3) is 0 Å². The van der Waals surface area contributed by atoms with Crippen molar-refractivity contribution in [2.45, 2.75) is 67.2 Å². The first-order valence-electron chi connectivity index (χ1n) is 5.24. The first-order chi connectivity index (χ1) is 5.62. The first kappa shape index (κ1) is 19.2. The molecule has 0 aliphatic rings. The van der Waals surface area contributed by atoms with Gasteiger partial charge in [-0.3, -0.25) is 0 Å². The second-order valence-electron chi connectivity index (χ2n) is 3.33. The SMILES string of the molecule is CC[C-](C)CC.CC[C-](C)CC.[V+2]. The van der Waals surface area contributed by atoms with Gasteiger partial charge in [-0.2, -0.15) is 39.5 Å². The summed E-state index contributed by atoms with van der Waals surface area (Å²) in [6.07, 6.45) is 4.99. The van der Waals surface area contributed by atoms with Crippen LogP contribution in [0.1, 0.15) is 67.2 Å². The van der Waals surface area contributed by atoms with Crippen molar-refractivity contribution in [2.24, 2.45) is 0 Å². The third-order valence-corrected chi connectivity index (χ3v) is 2.41. The van der Waals surface area contributed by atoms with Gasteiger partial charge in [0.15, 0.2) is 0 Å². The van der Waals surface area contributed by atoms with Crippen LogP contribution in [0.2, 0.25) is 0 Å². The van der Waals surface area contributed by atoms with Crippen LogP contribution < -0.4 is 0 Å². The van der Waals surface area contributed by atoms with Crippen LogP contribution in [0.4, 0.5) is 0 Å². The molecule has 0 heterocycles. The smallest absolute Gasteiger partial charge is 0.317 e. The predicted octanol–water partition coefficient (Wildman–Crippen LogP) is 4.80. The average Bonchev–Trinajstić information content (AvgIpc) is 2.16. The minimum Gasteiger partial charge on any atom is -0.317 e. The van der Waals surface area contributed by atoms with Gasteiger partial charge in [-0.05, 0) is 0 Å². The van der Waals surface area contributed by atoms with E-state index in [1.807, 2.05) is 0 Å². The summed E-state index contributed by atoms with van der Waals surface area (Å²) in [5.74, 6) is 3.19. The van der Waals surface area contributed by atoms with E-state index in [0.29, 0.717) is 0 Å². The molecule has 0 amide bonds. The normalized spacial score (nSPS) is 9.23. The molecule has 1 radical (unpaired) electrons. The fourth-order valence-corrected chi connectivity index (χ4v) is 0.500. The van der Waals surface area contributed by atoms with Gasteiger partial charge >= 0.3 is 18.6 Å². The van der Waals surface area contributed by atoms with Crippen LogP contribution in [0, 0.1) is 11.8 Å². The fraction of sp³-hybridized carbons (Fsp3) is 0.833. The van der Waals surface area contributed by atoms with E-state index in [1.54, 1.807) is 11.8 Å². The van der Waals surface area contributed by atoms with Gasteiger partial charge in [-0.15, -0.1) is 0 Å². The zero-order valence-corrected chi connectivity index (χ0v) is 11.7. The molecule has 0 N–H and O–H groups in total. The van der Waals surface area contributed by atoms with Gasteiger partial charge in [0.05, 0.1) is 0 Å². The summed E-state index contributed by atoms with van der Waals surface area (Å²) in [6, 6.07) is 0. The van der Waals surface area contributed by atoms with Crippen LogP contribution in [0.5, 0.6) is 0 Å². The molecular formula is C12H26V. The van der Waals surface area contributed by atoms with Crippen molar-refractivity contribution in [3.05, 3.63) is 11.8 Å². The van der Waals surface area contributed by atoms with Crippen molar-refractivity contribution in [1.29, 1.82) is 0 Å². The summed E-state index contributed by atoms with van der Waals surface area (Å²) < 4.78 is 0. The quantitative estimate of drug-likeness (QED) is 0.598. The van der Waals surface area contributed by atoms with E-state index in [2.05, 4.69) is 41.5 Å². The summed E-state index contributed by atoms with van der Waals surface area (Å²) in [6.45, 7) is 13.2. The van der Waals surface area contributed by atoms with Gasteiger partial charge in [0, 0.05) is 0 Å². The van der Waals surface area contributed by atoms with Gasteiger partial charge in [-0.25, -0.2) is 0 Å². The molecule has 0 aromatic rings. The van der Waals surface area contributed by atoms with Crippen LogP contribution in [0.25, 0.3) is 0 Å². The Morgan fingerprint density at radius 3 is 0.769 bits per heavy atom. The van der Waals surface area contributed by atoms with Gasteiger partial charge in [0.1, 0.15) is 0 Å². The molecule has 79 valence electrons. The van der Waals surface area contributed by atoms with Gasteiger partial charge in [-0.1, -0.05) is 27.7 Å². The molecule has 0 aromatic carbocycles. The van der Waals surface area contributed by atoms with Crippen molar-refractivity contribution in [3.63, 3.8) is 0 Å². The number of rotatable bonds is 4. The molecule has 0 aromatic heterocycles. The Morgan fingerprint density at radius 2 is 0.769 bits per heavy atom. The van der Waals surface area contributed by atoms with Crippen LogP contribution in [-0.4, -0.2) is 0 Å². The molecule has 0 nitrogen and oxygen atoms in total. The van der Waals surface area contributed by atoms with Crippen molar-refractivity contribution in [2.75, 3.05) is 0 Å². The van der Waals surface area contributed by atoms with E-state index in [0.717, 1.165) is 0 Å². The first-order valence-corrected chi connectivity index (χ1v) is 5.24. The predicted molar refractivity (Wildman–Crippen MR) is 59.0 cm³/mol. The maximum atomic E-state index is 2.19. The average molecular weight is 221 g/mol. The molecular weight excluding hydrogens is 195 g/mol. The molecule has 1 heteroatoms. The Hall–Kier alpha value is 0.584. The fourth-order valence-electron chi connectivity index (χ4n) is 0.500. The summed E-state index contributed by atoms with van der Waals surface area (Å²) in [4.78, 5) is 0. The summed E-state index contributed by atoms with van der Waals surface area (Å²) in [7, 11) is 0. The molecule has 0 saturated carbocycles. The molecule has 0 rings (SSSR count). The standard InChI is InChI=1S/2C6H13.V/c2*1-4-6(3)5-2;/h2*4-5H2,1-3H3;/q2*-1;+2. The Labute approximate surface area is 97.8 Å². The second-order valence-corrected chi connectivity index (χ2v) is 3.33. The van der Waals surface area contributed by atoms with E-state index in [1.165, 1.54) is 25.7 Å². The zero-order valence-electron chi connectivity index (χ0n) is 10.3. The Morgan fingerprint density at radius 1 is 0.615 bits per heavy atom. The monoisotopic (exact) mass is 221 g/mol. The third-order valence-electron chi connectivity index (χ3n) is 2.41. The molecule has 0 bridgehead atoms. The summed E-state index contributed by atoms with van der Waals surface area (Å²) >= 11 is 0. The topological polar surface area (TPSA) is 0 Å². The zero-order chi connectivity index (χ0) is 9.98. The van der Waals surface area contributed by atoms with E-state index in [9.17, 15) is 0 Å². The van der Waals surface area contributed by atoms with E-state index in [-0.39, 0.29) is 18.6 Å². The van der Waals surface area contributed by atoms with Crippen molar-refractivity contribution in [1.82, 2.24) is 0 Å². The molecule has 0 aliphatic carbocycles. The van der Waals surface area contributed by atoms with Crippen LogP contribution in [0.15, 0.2) is 0 Å². The maximum absolute atomic E-state index is 2.19. The Kier molecular flexibility index (Phi) is 22.3. The van der Waals surface area contributed by atoms with Crippen molar-refractivity contribution in [3.8, 4) is 0 Å². The van der Waals surface area contributed by atoms with E-state index in [4.69, 9.17) is 0 Å². The van der Waals surface area contributed by atoms with Crippen molar-refractivity contribution < 1.29 is 18.6 Å². The van der Waals surface area contributed by atoms with E-state index >= 15 is 0 Å². The summed E-state index contributed by atoms with van der Waals surface area (Å²) in [5, 5.41) is 0. The molecule has 0 fully saturated rings. The molecule has 0 saturated heterocycles. The van der Waals surface area contributed by atoms with Gasteiger partial charge < -0.3 is 11.8 Å². The number of hydrogen-bond donors (Lipinski definition) is 0. The maximum Gasteiger partial charge on any atom is 2.00 e. The minimum atomic E-state index is 0. The van der Waals surface area contributed by atoms with Gasteiger partial charge in [0.2, 0.25) is 0 Å². The second kappa shape index (κ2) is 15.1. The van der Waals surface area contributed by atoms with Crippen LogP contribution in [0.3, 0.4) is 0 Å². The molecule has 0 spiro atoms. The molecule has 13 heavy (non-hydrogen) atoms. The minimum absolute atomic E-state index is 0. The summed E-state index contributed by atoms with van der Waals surface area (Å²) in [5.41, 5.74) is 0. The van der Waals surface area contributed by atoms with E-state index < -0.39 is 0 Å². The largest absolute Gasteiger partial charge is 2.00 e. The molecule has 0 unspecified atom stereocenters. The van der Waals surface area contributed by atoms with Crippen LogP contribution in [-0.2, 0) is 18.6 Å². The van der Waals surface area contributed by atoms with Crippen molar-refractivity contribution >= 4 is 0 Å². The Balaban J connectivity index is -0.000000143. The third kappa shape index (κ3) is 19.1. The molecule has 0 aliphatic heterocycles. The van der Waals surface area contributed by atoms with Crippen LogP contribution >= 0.6 is 0 Å².